The van der Waals surface area contributed by atoms with Gasteiger partial charge in [-0.2, -0.15) is 0 Å². The first-order valence-electron chi connectivity index (χ1n) is 7.49. The highest BCUT2D eigenvalue weighted by atomic mass is 35.5. The lowest BCUT2D eigenvalue weighted by molar-refractivity contribution is -0.118. The van der Waals surface area contributed by atoms with Crippen molar-refractivity contribution in [2.45, 2.75) is 31.5 Å². The number of aryl methyl sites for hydroxylation is 1. The fraction of sp³-hybridized carbons (Fsp3) is 0.333. The molecule has 0 unspecified atom stereocenters. The Kier molecular flexibility index (Phi) is 7.10. The lowest BCUT2D eigenvalue weighted by Crippen LogP contribution is -2.16. The van der Waals surface area contributed by atoms with Crippen LogP contribution >= 0.6 is 35.0 Å². The van der Waals surface area contributed by atoms with E-state index in [9.17, 15) is 9.59 Å². The maximum Gasteiger partial charge on any atom is 0.234 e. The lowest BCUT2D eigenvalue weighted by Gasteiger charge is -2.09. The molecule has 1 aromatic carbocycles. The highest BCUT2D eigenvalue weighted by Crippen LogP contribution is 2.30. The molecule has 0 bridgehead atoms. The predicted octanol–water partition coefficient (Wildman–Crippen LogP) is 2.75. The number of nitrogens with zero attached hydrogens (tertiary/aromatic N) is 3. The van der Waals surface area contributed by atoms with Gasteiger partial charge in [0.15, 0.2) is 5.16 Å². The number of nitrogens with two attached hydrogens (primary N) is 1. The number of thioether (sulfide) groups is 1. The number of halogens is 2. The number of rotatable bonds is 8. The van der Waals surface area contributed by atoms with Gasteiger partial charge in [0.05, 0.1) is 21.5 Å². The molecule has 0 radical (unpaired) electrons. The minimum absolute atomic E-state index is 0.121. The molecule has 0 aliphatic carbocycles. The van der Waals surface area contributed by atoms with Crippen LogP contribution in [0.1, 0.15) is 19.2 Å². The highest BCUT2D eigenvalue weighted by molar-refractivity contribution is 7.99. The van der Waals surface area contributed by atoms with Gasteiger partial charge in [-0.3, -0.25) is 9.59 Å². The molecule has 0 aliphatic heterocycles. The summed E-state index contributed by atoms with van der Waals surface area (Å²) in [5, 5.41) is 12.2. The molecule has 0 saturated heterocycles. The summed E-state index contributed by atoms with van der Waals surface area (Å²) >= 11 is 13.3. The molecule has 2 amide bonds. The SMILES string of the molecule is CCn1c(CCC(N)=O)nnc1SCC(=O)Nc1c(Cl)cccc1Cl. The van der Waals surface area contributed by atoms with Crippen LogP contribution in [0.3, 0.4) is 0 Å². The summed E-state index contributed by atoms with van der Waals surface area (Å²) in [7, 11) is 0. The van der Waals surface area contributed by atoms with Gasteiger partial charge in [0.2, 0.25) is 11.8 Å². The van der Waals surface area contributed by atoms with E-state index in [0.29, 0.717) is 39.7 Å². The van der Waals surface area contributed by atoms with Crippen LogP contribution in [-0.2, 0) is 22.6 Å². The van der Waals surface area contributed by atoms with Crippen molar-refractivity contribution < 1.29 is 9.59 Å². The Bertz CT molecular complexity index is 761. The summed E-state index contributed by atoms with van der Waals surface area (Å²) in [4.78, 5) is 23.1. The summed E-state index contributed by atoms with van der Waals surface area (Å²) in [5.74, 6) is 0.133. The van der Waals surface area contributed by atoms with Gasteiger partial charge in [-0.15, -0.1) is 10.2 Å². The molecular formula is C15H17Cl2N5O2S. The van der Waals surface area contributed by atoms with E-state index in [0.717, 1.165) is 0 Å². The second-order valence-corrected chi connectivity index (χ2v) is 6.80. The first kappa shape index (κ1) is 19.6. The molecule has 0 saturated carbocycles. The second kappa shape index (κ2) is 9.07. The third kappa shape index (κ3) is 5.35. The number of hydrogen-bond donors (Lipinski definition) is 2. The van der Waals surface area contributed by atoms with Gasteiger partial charge in [0.1, 0.15) is 5.82 Å². The molecule has 0 spiro atoms. The highest BCUT2D eigenvalue weighted by Gasteiger charge is 2.15. The molecule has 2 rings (SSSR count). The first-order chi connectivity index (χ1) is 11.9. The summed E-state index contributed by atoms with van der Waals surface area (Å²) in [6, 6.07) is 5.00. The number of benzene rings is 1. The van der Waals surface area contributed by atoms with E-state index in [-0.39, 0.29) is 18.1 Å². The average molecular weight is 402 g/mol. The van der Waals surface area contributed by atoms with Gasteiger partial charge in [-0.25, -0.2) is 0 Å². The number of nitrogens with one attached hydrogen (secondary N) is 1. The van der Waals surface area contributed by atoms with Crippen LogP contribution in [0.4, 0.5) is 5.69 Å². The minimum Gasteiger partial charge on any atom is -0.370 e. The monoisotopic (exact) mass is 401 g/mol. The minimum atomic E-state index is -0.393. The van der Waals surface area contributed by atoms with Crippen LogP contribution in [0, 0.1) is 0 Å². The van der Waals surface area contributed by atoms with Crippen LogP contribution in [0.5, 0.6) is 0 Å². The van der Waals surface area contributed by atoms with Crippen LogP contribution in [0.25, 0.3) is 0 Å². The smallest absolute Gasteiger partial charge is 0.234 e. The van der Waals surface area contributed by atoms with Crippen LogP contribution in [-0.4, -0.2) is 32.3 Å². The van der Waals surface area contributed by atoms with Crippen molar-refractivity contribution in [3.63, 3.8) is 0 Å². The molecule has 1 aromatic heterocycles. The summed E-state index contributed by atoms with van der Waals surface area (Å²) in [5.41, 5.74) is 5.54. The molecule has 0 atom stereocenters. The second-order valence-electron chi connectivity index (χ2n) is 5.04. The number of anilines is 1. The summed E-state index contributed by atoms with van der Waals surface area (Å²) in [6.45, 7) is 2.56. The molecule has 10 heteroatoms. The van der Waals surface area contributed by atoms with Gasteiger partial charge in [0, 0.05) is 19.4 Å². The first-order valence-corrected chi connectivity index (χ1v) is 9.23. The maximum absolute atomic E-state index is 12.1. The van der Waals surface area contributed by atoms with Crippen molar-refractivity contribution in [3.8, 4) is 0 Å². The fourth-order valence-electron chi connectivity index (χ4n) is 2.09. The van der Waals surface area contributed by atoms with Crippen molar-refractivity contribution in [3.05, 3.63) is 34.1 Å². The van der Waals surface area contributed by atoms with Crippen LogP contribution < -0.4 is 11.1 Å². The molecule has 25 heavy (non-hydrogen) atoms. The lowest BCUT2D eigenvalue weighted by atomic mass is 10.3. The number of para-hydroxylation sites is 1. The zero-order valence-corrected chi connectivity index (χ0v) is 15.8. The normalized spacial score (nSPS) is 10.7. The Hall–Kier alpha value is -1.77. The quantitative estimate of drug-likeness (QED) is 0.661. The molecule has 0 fully saturated rings. The van der Waals surface area contributed by atoms with E-state index < -0.39 is 5.91 Å². The summed E-state index contributed by atoms with van der Waals surface area (Å²) in [6.07, 6.45) is 0.618. The zero-order chi connectivity index (χ0) is 18.4. The van der Waals surface area contributed by atoms with E-state index >= 15 is 0 Å². The maximum atomic E-state index is 12.1. The van der Waals surface area contributed by atoms with E-state index in [1.54, 1.807) is 18.2 Å². The average Bonchev–Trinajstić information content (AvgIpc) is 2.96. The molecule has 1 heterocycles. The zero-order valence-electron chi connectivity index (χ0n) is 13.5. The molecule has 3 N–H and O–H groups in total. The topological polar surface area (TPSA) is 103 Å². The number of amides is 2. The van der Waals surface area contributed by atoms with E-state index in [2.05, 4.69) is 15.5 Å². The van der Waals surface area contributed by atoms with Gasteiger partial charge >= 0.3 is 0 Å². The number of hydrogen-bond acceptors (Lipinski definition) is 5. The number of carbonyl (C=O) groups excluding carboxylic acids is 2. The largest absolute Gasteiger partial charge is 0.370 e. The van der Waals surface area contributed by atoms with Gasteiger partial charge < -0.3 is 15.6 Å². The Balaban J connectivity index is 1.99. The van der Waals surface area contributed by atoms with Crippen molar-refractivity contribution in [1.82, 2.24) is 14.8 Å². The number of carbonyl (C=O) groups is 2. The Morgan fingerprint density at radius 1 is 1.28 bits per heavy atom. The predicted molar refractivity (Wildman–Crippen MR) is 99.0 cm³/mol. The molecule has 7 nitrogen and oxygen atoms in total. The third-order valence-electron chi connectivity index (χ3n) is 3.26. The molecule has 2 aromatic rings. The van der Waals surface area contributed by atoms with Crippen molar-refractivity contribution in [1.29, 1.82) is 0 Å². The fourth-order valence-corrected chi connectivity index (χ4v) is 3.40. The van der Waals surface area contributed by atoms with Crippen LogP contribution in [0.2, 0.25) is 10.0 Å². The van der Waals surface area contributed by atoms with Gasteiger partial charge in [0.25, 0.3) is 0 Å². The van der Waals surface area contributed by atoms with Gasteiger partial charge in [-0.05, 0) is 19.1 Å². The van der Waals surface area contributed by atoms with Crippen molar-refractivity contribution in [2.75, 3.05) is 11.1 Å². The molecule has 0 aliphatic rings. The summed E-state index contributed by atoms with van der Waals surface area (Å²) < 4.78 is 1.85. The van der Waals surface area contributed by atoms with Crippen molar-refractivity contribution >= 4 is 52.5 Å². The standard InChI is InChI=1S/C15H17Cl2N5O2S/c1-2-22-12(7-6-11(18)23)20-21-15(22)25-8-13(24)19-14-9(16)4-3-5-10(14)17/h3-5H,2,6-8H2,1H3,(H2,18,23)(H,19,24). The van der Waals surface area contributed by atoms with Crippen LogP contribution in [0.15, 0.2) is 23.4 Å². The van der Waals surface area contributed by atoms with Gasteiger partial charge in [-0.1, -0.05) is 41.0 Å². The Morgan fingerprint density at radius 2 is 1.96 bits per heavy atom. The van der Waals surface area contributed by atoms with Crippen molar-refractivity contribution in [2.24, 2.45) is 5.73 Å². The van der Waals surface area contributed by atoms with E-state index in [1.165, 1.54) is 11.8 Å². The third-order valence-corrected chi connectivity index (χ3v) is 4.86. The molecule has 134 valence electrons. The Morgan fingerprint density at radius 3 is 2.56 bits per heavy atom. The number of aromatic nitrogens is 3. The van der Waals surface area contributed by atoms with E-state index in [4.69, 9.17) is 28.9 Å². The number of primary amides is 1. The Labute approximate surface area is 159 Å². The molecular weight excluding hydrogens is 385 g/mol. The van der Waals surface area contributed by atoms with E-state index in [1.807, 2.05) is 11.5 Å².